The number of nitro benzene ring substituents is 1. The normalized spacial score (nSPS) is 16.9. The molecule has 0 aliphatic carbocycles. The summed E-state index contributed by atoms with van der Waals surface area (Å²) < 4.78 is 0. The molecule has 0 radical (unpaired) electrons. The highest BCUT2D eigenvalue weighted by Crippen LogP contribution is 2.33. The van der Waals surface area contributed by atoms with E-state index < -0.39 is 16.7 Å². The molecule has 0 fully saturated rings. The van der Waals surface area contributed by atoms with E-state index in [1.807, 2.05) is 25.9 Å². The Morgan fingerprint density at radius 2 is 1.68 bits per heavy atom. The number of anilines is 1. The minimum absolute atomic E-state index is 0.0312. The molecule has 1 aromatic rings. The second-order valence-corrected chi connectivity index (χ2v) is 5.64. The van der Waals surface area contributed by atoms with E-state index in [1.165, 1.54) is 6.07 Å². The van der Waals surface area contributed by atoms with Crippen LogP contribution in [0.25, 0.3) is 0 Å². The van der Waals surface area contributed by atoms with Gasteiger partial charge in [-0.15, -0.1) is 0 Å². The number of imide groups is 1. The summed E-state index contributed by atoms with van der Waals surface area (Å²) in [6.07, 6.45) is 0. The second-order valence-electron chi connectivity index (χ2n) is 5.64. The topological polar surface area (TPSA) is 110 Å². The molecule has 0 bridgehead atoms. The number of nitrogen functional groups attached to an aromatic ring is 1. The first-order valence-corrected chi connectivity index (χ1v) is 6.79. The summed E-state index contributed by atoms with van der Waals surface area (Å²) in [5, 5.41) is 10.9. The molecule has 1 heterocycles. The average Bonchev–Trinajstić information content (AvgIpc) is 2.67. The van der Waals surface area contributed by atoms with Crippen LogP contribution in [0.3, 0.4) is 0 Å². The Bertz CT molecular complexity index is 671. The first kappa shape index (κ1) is 15.9. The molecular weight excluding hydrogens is 288 g/mol. The van der Waals surface area contributed by atoms with Gasteiger partial charge in [-0.3, -0.25) is 24.6 Å². The number of benzene rings is 1. The summed E-state index contributed by atoms with van der Waals surface area (Å²) in [4.78, 5) is 38.3. The van der Waals surface area contributed by atoms with Crippen LogP contribution in [0.1, 0.15) is 34.6 Å². The zero-order chi connectivity index (χ0) is 16.8. The predicted octanol–water partition coefficient (Wildman–Crippen LogP) is 1.11. The molecule has 0 spiro atoms. The van der Waals surface area contributed by atoms with E-state index >= 15 is 0 Å². The van der Waals surface area contributed by atoms with Crippen molar-refractivity contribution in [3.63, 3.8) is 0 Å². The third-order valence-corrected chi connectivity index (χ3v) is 4.18. The number of hydrogen-bond acceptors (Lipinski definition) is 6. The first-order chi connectivity index (χ1) is 10.2. The van der Waals surface area contributed by atoms with Gasteiger partial charge in [0.05, 0.1) is 22.1 Å². The van der Waals surface area contributed by atoms with Crippen LogP contribution in [-0.2, 0) is 0 Å². The van der Waals surface area contributed by atoms with E-state index in [-0.39, 0.29) is 34.6 Å². The zero-order valence-electron chi connectivity index (χ0n) is 12.9. The number of likely N-dealkylation sites (N-methyl/N-ethyl adjacent to an activating group) is 1. The van der Waals surface area contributed by atoms with Gasteiger partial charge in [-0.1, -0.05) is 0 Å². The van der Waals surface area contributed by atoms with Crippen LogP contribution in [0.5, 0.6) is 0 Å². The van der Waals surface area contributed by atoms with Gasteiger partial charge < -0.3 is 10.6 Å². The summed E-state index contributed by atoms with van der Waals surface area (Å²) in [5.74, 6) is -0.993. The van der Waals surface area contributed by atoms with Crippen molar-refractivity contribution in [2.45, 2.75) is 25.9 Å². The summed E-state index contributed by atoms with van der Waals surface area (Å²) in [5.41, 5.74) is 5.26. The summed E-state index contributed by atoms with van der Waals surface area (Å²) in [6.45, 7) is 3.66. The molecule has 8 nitrogen and oxygen atoms in total. The quantitative estimate of drug-likeness (QED) is 0.386. The lowest BCUT2D eigenvalue weighted by Gasteiger charge is -2.32. The minimum atomic E-state index is -0.665. The highest BCUT2D eigenvalue weighted by atomic mass is 16.6. The summed E-state index contributed by atoms with van der Waals surface area (Å²) in [6, 6.07) is 1.86. The Kier molecular flexibility index (Phi) is 3.89. The van der Waals surface area contributed by atoms with Crippen molar-refractivity contribution in [3.05, 3.63) is 33.4 Å². The maximum atomic E-state index is 12.5. The molecule has 1 aliphatic rings. The molecule has 1 aliphatic heterocycles. The van der Waals surface area contributed by atoms with Crippen molar-refractivity contribution < 1.29 is 14.5 Å². The Morgan fingerprint density at radius 1 is 1.18 bits per heavy atom. The van der Waals surface area contributed by atoms with Gasteiger partial charge in [0.2, 0.25) is 0 Å². The van der Waals surface area contributed by atoms with Crippen LogP contribution < -0.4 is 5.73 Å². The number of nitro groups is 1. The van der Waals surface area contributed by atoms with Crippen molar-refractivity contribution in [2.75, 3.05) is 19.8 Å². The predicted molar refractivity (Wildman–Crippen MR) is 80.6 cm³/mol. The number of carbonyl (C=O) groups excluding carboxylic acids is 2. The number of amides is 2. The lowest BCUT2D eigenvalue weighted by Crippen LogP contribution is -2.48. The van der Waals surface area contributed by atoms with Gasteiger partial charge in [0.1, 0.15) is 5.69 Å². The van der Waals surface area contributed by atoms with Crippen LogP contribution in [0.15, 0.2) is 12.1 Å². The smallest absolute Gasteiger partial charge is 0.292 e. The number of nitrogens with zero attached hydrogens (tertiary/aromatic N) is 3. The van der Waals surface area contributed by atoms with Crippen molar-refractivity contribution in [1.29, 1.82) is 0 Å². The third kappa shape index (κ3) is 2.31. The van der Waals surface area contributed by atoms with Crippen LogP contribution in [0.2, 0.25) is 0 Å². The van der Waals surface area contributed by atoms with Crippen molar-refractivity contribution in [3.8, 4) is 0 Å². The molecule has 0 saturated heterocycles. The number of fused-ring (bicyclic) bond motifs is 1. The molecule has 118 valence electrons. The third-order valence-electron chi connectivity index (χ3n) is 4.18. The molecule has 2 amide bonds. The van der Waals surface area contributed by atoms with Gasteiger partial charge in [0.25, 0.3) is 17.5 Å². The van der Waals surface area contributed by atoms with Gasteiger partial charge in [-0.05, 0) is 34.0 Å². The van der Waals surface area contributed by atoms with E-state index in [0.717, 1.165) is 11.0 Å². The van der Waals surface area contributed by atoms with Crippen LogP contribution in [-0.4, -0.2) is 52.7 Å². The van der Waals surface area contributed by atoms with Gasteiger partial charge in [0.15, 0.2) is 0 Å². The van der Waals surface area contributed by atoms with Gasteiger partial charge in [0, 0.05) is 12.1 Å². The first-order valence-electron chi connectivity index (χ1n) is 6.79. The number of hydrogen-bond donors (Lipinski definition) is 1. The molecule has 0 saturated carbocycles. The van der Waals surface area contributed by atoms with Crippen LogP contribution in [0, 0.1) is 10.1 Å². The standard InChI is InChI=1S/C14H18N4O4/c1-7(16(3)4)8(2)17-13(19)9-5-11(15)12(18(21)22)6-10(9)14(17)20/h5-8H,15H2,1-4H3. The number of carbonyl (C=O) groups is 2. The van der Waals surface area contributed by atoms with Crippen molar-refractivity contribution in [2.24, 2.45) is 0 Å². The molecule has 2 unspecified atom stereocenters. The minimum Gasteiger partial charge on any atom is -0.393 e. The van der Waals surface area contributed by atoms with E-state index in [0.29, 0.717) is 0 Å². The van der Waals surface area contributed by atoms with Gasteiger partial charge in [-0.2, -0.15) is 0 Å². The Labute approximate surface area is 127 Å². The maximum absolute atomic E-state index is 12.5. The average molecular weight is 306 g/mol. The van der Waals surface area contributed by atoms with Crippen LogP contribution >= 0.6 is 0 Å². The molecule has 1 aromatic carbocycles. The van der Waals surface area contributed by atoms with E-state index in [9.17, 15) is 19.7 Å². The second kappa shape index (κ2) is 5.38. The Hall–Kier alpha value is -2.48. The molecule has 22 heavy (non-hydrogen) atoms. The van der Waals surface area contributed by atoms with Crippen molar-refractivity contribution in [1.82, 2.24) is 9.80 Å². The lowest BCUT2D eigenvalue weighted by molar-refractivity contribution is -0.383. The number of rotatable bonds is 4. The maximum Gasteiger partial charge on any atom is 0.292 e. The highest BCUT2D eigenvalue weighted by Gasteiger charge is 2.42. The van der Waals surface area contributed by atoms with E-state index in [2.05, 4.69) is 0 Å². The van der Waals surface area contributed by atoms with Crippen LogP contribution in [0.4, 0.5) is 11.4 Å². The monoisotopic (exact) mass is 306 g/mol. The molecule has 2 N–H and O–H groups in total. The molecule has 8 heteroatoms. The molecule has 2 atom stereocenters. The van der Waals surface area contributed by atoms with E-state index in [1.54, 1.807) is 6.92 Å². The fourth-order valence-electron chi connectivity index (χ4n) is 2.49. The fraction of sp³-hybridized carbons (Fsp3) is 0.429. The van der Waals surface area contributed by atoms with Gasteiger partial charge in [-0.25, -0.2) is 0 Å². The number of nitrogens with two attached hydrogens (primary N) is 1. The zero-order valence-corrected chi connectivity index (χ0v) is 12.9. The molecular formula is C14H18N4O4. The molecule has 0 aromatic heterocycles. The summed E-state index contributed by atoms with van der Waals surface area (Å²) >= 11 is 0. The SMILES string of the molecule is CC(C(C)N1C(=O)c2cc(N)c([N+](=O)[O-])cc2C1=O)N(C)C. The Balaban J connectivity index is 2.47. The lowest BCUT2D eigenvalue weighted by atomic mass is 10.1. The largest absolute Gasteiger partial charge is 0.393 e. The molecule has 2 rings (SSSR count). The summed E-state index contributed by atoms with van der Waals surface area (Å²) in [7, 11) is 3.70. The van der Waals surface area contributed by atoms with E-state index in [4.69, 9.17) is 5.73 Å². The van der Waals surface area contributed by atoms with Crippen molar-refractivity contribution >= 4 is 23.2 Å². The highest BCUT2D eigenvalue weighted by molar-refractivity contribution is 6.22. The Morgan fingerprint density at radius 3 is 2.14 bits per heavy atom. The van der Waals surface area contributed by atoms with Gasteiger partial charge >= 0.3 is 0 Å². The fourth-order valence-corrected chi connectivity index (χ4v) is 2.49.